The van der Waals surface area contributed by atoms with Crippen LogP contribution in [0.1, 0.15) is 5.69 Å². The van der Waals surface area contributed by atoms with Gasteiger partial charge in [-0.05, 0) is 30.2 Å². The van der Waals surface area contributed by atoms with Crippen molar-refractivity contribution < 1.29 is 9.15 Å². The van der Waals surface area contributed by atoms with Crippen molar-refractivity contribution in [3.8, 4) is 29.2 Å². The van der Waals surface area contributed by atoms with E-state index in [0.717, 1.165) is 11.4 Å². The first-order valence-electron chi connectivity index (χ1n) is 8.56. The van der Waals surface area contributed by atoms with E-state index in [1.807, 2.05) is 43.3 Å². The molecule has 2 N–H and O–H groups in total. The molecule has 4 aromatic rings. The fourth-order valence-electron chi connectivity index (χ4n) is 2.58. The second-order valence-corrected chi connectivity index (χ2v) is 6.17. The molecule has 28 heavy (non-hydrogen) atoms. The quantitative estimate of drug-likeness (QED) is 0.548. The highest BCUT2D eigenvalue weighted by Crippen LogP contribution is 2.20. The van der Waals surface area contributed by atoms with Crippen LogP contribution in [0, 0.1) is 11.8 Å². The lowest BCUT2D eigenvalue weighted by Crippen LogP contribution is -2.08. The Morgan fingerprint density at radius 2 is 2.11 bits per heavy atom. The van der Waals surface area contributed by atoms with E-state index in [-0.39, 0.29) is 12.4 Å². The first kappa shape index (κ1) is 17.4. The molecule has 140 valence electrons. The summed E-state index contributed by atoms with van der Waals surface area (Å²) in [4.78, 5) is 10.6. The van der Waals surface area contributed by atoms with Crippen LogP contribution >= 0.6 is 0 Å². The van der Waals surface area contributed by atoms with Crippen molar-refractivity contribution in [1.82, 2.24) is 19.6 Å². The molecule has 0 amide bonds. The van der Waals surface area contributed by atoms with Crippen LogP contribution in [0.3, 0.4) is 0 Å². The summed E-state index contributed by atoms with van der Waals surface area (Å²) in [6.07, 6.45) is 3.23. The Labute approximate surface area is 161 Å². The zero-order valence-corrected chi connectivity index (χ0v) is 15.5. The Balaban J connectivity index is 1.50. The van der Waals surface area contributed by atoms with Gasteiger partial charge in [0.15, 0.2) is 17.2 Å². The summed E-state index contributed by atoms with van der Waals surface area (Å²) in [5.74, 6) is 7.88. The van der Waals surface area contributed by atoms with Crippen LogP contribution in [0.4, 0.5) is 11.5 Å². The predicted molar refractivity (Wildman–Crippen MR) is 106 cm³/mol. The first-order valence-corrected chi connectivity index (χ1v) is 8.56. The van der Waals surface area contributed by atoms with Crippen molar-refractivity contribution in [3.63, 3.8) is 0 Å². The summed E-state index contributed by atoms with van der Waals surface area (Å²) >= 11 is 0. The minimum Gasteiger partial charge on any atom is -0.481 e. The van der Waals surface area contributed by atoms with Gasteiger partial charge in [-0.25, -0.2) is 14.5 Å². The third-order valence-corrected chi connectivity index (χ3v) is 3.95. The number of aromatic nitrogens is 4. The maximum absolute atomic E-state index is 6.00. The summed E-state index contributed by atoms with van der Waals surface area (Å²) in [7, 11) is 3.96. The van der Waals surface area contributed by atoms with Gasteiger partial charge in [0.1, 0.15) is 18.1 Å². The average molecular weight is 374 g/mol. The van der Waals surface area contributed by atoms with E-state index in [2.05, 4.69) is 26.9 Å². The Morgan fingerprint density at radius 1 is 1.21 bits per heavy atom. The normalized spacial score (nSPS) is 10.5. The molecule has 0 bridgehead atoms. The van der Waals surface area contributed by atoms with E-state index in [1.165, 1.54) is 0 Å². The van der Waals surface area contributed by atoms with Gasteiger partial charge in [0, 0.05) is 25.8 Å². The van der Waals surface area contributed by atoms with Crippen LogP contribution in [-0.4, -0.2) is 40.3 Å². The molecule has 3 aromatic heterocycles. The minimum atomic E-state index is 0.228. The van der Waals surface area contributed by atoms with Crippen molar-refractivity contribution in [3.05, 3.63) is 54.6 Å². The van der Waals surface area contributed by atoms with Gasteiger partial charge in [-0.1, -0.05) is 12.0 Å². The number of fused-ring (bicyclic) bond motifs is 1. The van der Waals surface area contributed by atoms with Crippen LogP contribution < -0.4 is 15.4 Å². The van der Waals surface area contributed by atoms with Crippen LogP contribution in [0.15, 0.2) is 53.3 Å². The smallest absolute Gasteiger partial charge is 0.218 e. The third kappa shape index (κ3) is 3.59. The van der Waals surface area contributed by atoms with Gasteiger partial charge in [0.2, 0.25) is 5.82 Å². The van der Waals surface area contributed by atoms with Crippen molar-refractivity contribution in [1.29, 1.82) is 0 Å². The summed E-state index contributed by atoms with van der Waals surface area (Å²) in [6.45, 7) is 0.228. The number of ether oxygens (including phenoxy) is 1. The highest BCUT2D eigenvalue weighted by molar-refractivity contribution is 5.63. The summed E-state index contributed by atoms with van der Waals surface area (Å²) in [5.41, 5.74) is 7.99. The number of nitrogens with two attached hydrogens (primary N) is 1. The molecule has 3 heterocycles. The fourth-order valence-corrected chi connectivity index (χ4v) is 2.58. The number of nitrogens with zero attached hydrogens (tertiary/aromatic N) is 5. The van der Waals surface area contributed by atoms with Gasteiger partial charge in [-0.3, -0.25) is 0 Å². The van der Waals surface area contributed by atoms with E-state index in [4.69, 9.17) is 14.9 Å². The van der Waals surface area contributed by atoms with E-state index in [9.17, 15) is 0 Å². The van der Waals surface area contributed by atoms with Gasteiger partial charge in [-0.15, -0.1) is 5.10 Å². The SMILES string of the molecule is CN(C)c1cccc(OCC#Cc2cn3nc(-c4ccco4)nc3c(N)n2)c1. The molecule has 0 spiro atoms. The zero-order chi connectivity index (χ0) is 19.5. The van der Waals surface area contributed by atoms with E-state index in [1.54, 1.807) is 29.1 Å². The molecule has 0 unspecified atom stereocenters. The lowest BCUT2D eigenvalue weighted by atomic mass is 10.3. The molecule has 4 rings (SSSR count). The lowest BCUT2D eigenvalue weighted by molar-refractivity contribution is 0.370. The predicted octanol–water partition coefficient (Wildman–Crippen LogP) is 2.46. The molecule has 0 aliphatic rings. The largest absolute Gasteiger partial charge is 0.481 e. The molecule has 0 atom stereocenters. The van der Waals surface area contributed by atoms with Crippen molar-refractivity contribution in [2.45, 2.75) is 0 Å². The fraction of sp³-hybridized carbons (Fsp3) is 0.150. The topological polar surface area (TPSA) is 94.7 Å². The Bertz CT molecular complexity index is 1170. The second-order valence-electron chi connectivity index (χ2n) is 6.17. The van der Waals surface area contributed by atoms with E-state index >= 15 is 0 Å². The number of hydrogen-bond acceptors (Lipinski definition) is 7. The van der Waals surface area contributed by atoms with E-state index < -0.39 is 0 Å². The monoisotopic (exact) mass is 374 g/mol. The number of anilines is 2. The molecule has 8 nitrogen and oxygen atoms in total. The zero-order valence-electron chi connectivity index (χ0n) is 15.5. The molecular weight excluding hydrogens is 356 g/mol. The van der Waals surface area contributed by atoms with Gasteiger partial charge in [-0.2, -0.15) is 0 Å². The molecule has 0 saturated carbocycles. The second kappa shape index (κ2) is 7.32. The average Bonchev–Trinajstić information content (AvgIpc) is 3.35. The molecular formula is C20H18N6O2. The summed E-state index contributed by atoms with van der Waals surface area (Å²) < 4.78 is 12.5. The Hall–Kier alpha value is -3.99. The van der Waals surface area contributed by atoms with Crippen molar-refractivity contribution in [2.75, 3.05) is 31.3 Å². The highest BCUT2D eigenvalue weighted by Gasteiger charge is 2.12. The highest BCUT2D eigenvalue weighted by atomic mass is 16.5. The van der Waals surface area contributed by atoms with Crippen LogP contribution in [0.25, 0.3) is 17.2 Å². The summed E-state index contributed by atoms with van der Waals surface area (Å²) in [5, 5.41) is 4.37. The van der Waals surface area contributed by atoms with Gasteiger partial charge in [0.05, 0.1) is 12.5 Å². The Morgan fingerprint density at radius 3 is 2.89 bits per heavy atom. The lowest BCUT2D eigenvalue weighted by Gasteiger charge is -2.13. The first-order chi connectivity index (χ1) is 13.6. The number of hydrogen-bond donors (Lipinski definition) is 1. The molecule has 0 aliphatic heterocycles. The number of nitrogen functional groups attached to an aromatic ring is 1. The summed E-state index contributed by atoms with van der Waals surface area (Å²) in [6, 6.07) is 11.3. The van der Waals surface area contributed by atoms with E-state index in [0.29, 0.717) is 22.9 Å². The van der Waals surface area contributed by atoms with Crippen LogP contribution in [0.2, 0.25) is 0 Å². The Kier molecular flexibility index (Phi) is 4.56. The maximum Gasteiger partial charge on any atom is 0.218 e. The molecule has 0 radical (unpaired) electrons. The maximum atomic E-state index is 6.00. The van der Waals surface area contributed by atoms with Crippen LogP contribution in [0.5, 0.6) is 5.75 Å². The third-order valence-electron chi connectivity index (χ3n) is 3.95. The molecule has 0 saturated heterocycles. The van der Waals surface area contributed by atoms with Gasteiger partial charge in [0.25, 0.3) is 0 Å². The number of benzene rings is 1. The number of furan rings is 1. The minimum absolute atomic E-state index is 0.228. The van der Waals surface area contributed by atoms with Crippen LogP contribution in [-0.2, 0) is 0 Å². The number of rotatable bonds is 4. The standard InChI is InChI=1S/C20H18N6O2/c1-25(2)15-7-3-8-16(12-15)27-10-4-6-14-13-26-20(18(21)22-14)23-19(24-26)17-9-5-11-28-17/h3,5,7-9,11-13H,10H2,1-2H3,(H2,21,22). The van der Waals surface area contributed by atoms with Crippen molar-refractivity contribution >= 4 is 17.2 Å². The van der Waals surface area contributed by atoms with Gasteiger partial charge >= 0.3 is 0 Å². The molecule has 1 aromatic carbocycles. The van der Waals surface area contributed by atoms with Crippen molar-refractivity contribution in [2.24, 2.45) is 0 Å². The molecule has 0 fully saturated rings. The molecule has 0 aliphatic carbocycles. The van der Waals surface area contributed by atoms with Gasteiger partial charge < -0.3 is 19.8 Å². The molecule has 8 heteroatoms.